The highest BCUT2D eigenvalue weighted by atomic mass is 16.2. The van der Waals surface area contributed by atoms with Gasteiger partial charge in [-0.1, -0.05) is 13.0 Å². The van der Waals surface area contributed by atoms with Crippen molar-refractivity contribution in [1.29, 1.82) is 0 Å². The van der Waals surface area contributed by atoms with Crippen LogP contribution < -0.4 is 15.1 Å². The standard InChI is InChI=1S/C16H23N3O2/c1-6-16(3)15(21)19(10-14(20)17-16)12-8-7-11(2)13(9-12)18(4)5/h7-9H,6,10H2,1-5H3,(H,17,20). The Kier molecular flexibility index (Phi) is 3.94. The van der Waals surface area contributed by atoms with Crippen LogP contribution in [-0.4, -0.2) is 38.0 Å². The minimum Gasteiger partial charge on any atom is -0.377 e. The SMILES string of the molecule is CCC1(C)NC(=O)CN(c2ccc(C)c(N(C)C)c2)C1=O. The third-order valence-electron chi connectivity index (χ3n) is 4.13. The first kappa shape index (κ1) is 15.4. The van der Waals surface area contributed by atoms with E-state index in [1.807, 2.05) is 51.0 Å². The second kappa shape index (κ2) is 5.39. The molecule has 5 nitrogen and oxygen atoms in total. The van der Waals surface area contributed by atoms with Crippen LogP contribution in [0, 0.1) is 6.92 Å². The number of piperazine rings is 1. The van der Waals surface area contributed by atoms with Crippen LogP contribution in [0.25, 0.3) is 0 Å². The zero-order valence-electron chi connectivity index (χ0n) is 13.4. The molecule has 0 aromatic heterocycles. The minimum atomic E-state index is -0.821. The van der Waals surface area contributed by atoms with Crippen LogP contribution >= 0.6 is 0 Å². The number of aryl methyl sites for hydroxylation is 1. The highest BCUT2D eigenvalue weighted by Crippen LogP contribution is 2.28. The Bertz CT molecular complexity index is 583. The maximum atomic E-state index is 12.7. The normalized spacial score (nSPS) is 22.2. The summed E-state index contributed by atoms with van der Waals surface area (Å²) in [5.41, 5.74) is 2.13. The first-order valence-electron chi connectivity index (χ1n) is 7.19. The topological polar surface area (TPSA) is 52.7 Å². The van der Waals surface area contributed by atoms with Gasteiger partial charge in [0.2, 0.25) is 5.91 Å². The number of nitrogens with zero attached hydrogens (tertiary/aromatic N) is 2. The van der Waals surface area contributed by atoms with E-state index in [2.05, 4.69) is 5.32 Å². The van der Waals surface area contributed by atoms with E-state index < -0.39 is 5.54 Å². The van der Waals surface area contributed by atoms with Crippen molar-refractivity contribution in [3.63, 3.8) is 0 Å². The maximum absolute atomic E-state index is 12.7. The lowest BCUT2D eigenvalue weighted by Crippen LogP contribution is -2.65. The average molecular weight is 289 g/mol. The molecule has 5 heteroatoms. The molecular weight excluding hydrogens is 266 g/mol. The van der Waals surface area contributed by atoms with E-state index in [1.54, 1.807) is 11.8 Å². The Hall–Kier alpha value is -2.04. The molecule has 114 valence electrons. The van der Waals surface area contributed by atoms with Crippen LogP contribution in [-0.2, 0) is 9.59 Å². The van der Waals surface area contributed by atoms with Crippen LogP contribution in [0.2, 0.25) is 0 Å². The Morgan fingerprint density at radius 2 is 2.00 bits per heavy atom. The molecule has 1 aliphatic rings. The van der Waals surface area contributed by atoms with Gasteiger partial charge in [0.25, 0.3) is 5.91 Å². The third kappa shape index (κ3) is 2.73. The van der Waals surface area contributed by atoms with Gasteiger partial charge in [0, 0.05) is 25.5 Å². The number of hydrogen-bond donors (Lipinski definition) is 1. The number of carbonyl (C=O) groups is 2. The molecule has 1 heterocycles. The van der Waals surface area contributed by atoms with Crippen LogP contribution in [0.15, 0.2) is 18.2 Å². The van der Waals surface area contributed by atoms with Gasteiger partial charge in [0.1, 0.15) is 12.1 Å². The van der Waals surface area contributed by atoms with Gasteiger partial charge in [-0.05, 0) is 38.0 Å². The van der Waals surface area contributed by atoms with Crippen molar-refractivity contribution in [3.8, 4) is 0 Å². The van der Waals surface area contributed by atoms with Crippen molar-refractivity contribution in [3.05, 3.63) is 23.8 Å². The van der Waals surface area contributed by atoms with Crippen LogP contribution in [0.4, 0.5) is 11.4 Å². The lowest BCUT2D eigenvalue weighted by Gasteiger charge is -2.39. The molecule has 21 heavy (non-hydrogen) atoms. The number of nitrogens with one attached hydrogen (secondary N) is 1. The van der Waals surface area contributed by atoms with E-state index in [9.17, 15) is 9.59 Å². The predicted octanol–water partition coefficient (Wildman–Crippen LogP) is 1.69. The van der Waals surface area contributed by atoms with E-state index in [1.165, 1.54) is 0 Å². The van der Waals surface area contributed by atoms with E-state index in [0.29, 0.717) is 6.42 Å². The van der Waals surface area contributed by atoms with Crippen LogP contribution in [0.5, 0.6) is 0 Å². The van der Waals surface area contributed by atoms with Gasteiger partial charge in [0.15, 0.2) is 0 Å². The summed E-state index contributed by atoms with van der Waals surface area (Å²) >= 11 is 0. The van der Waals surface area contributed by atoms with Gasteiger partial charge in [-0.3, -0.25) is 9.59 Å². The molecule has 0 bridgehead atoms. The molecule has 0 aliphatic carbocycles. The summed E-state index contributed by atoms with van der Waals surface area (Å²) in [7, 11) is 3.93. The molecular formula is C16H23N3O2. The number of carbonyl (C=O) groups excluding carboxylic acids is 2. The zero-order chi connectivity index (χ0) is 15.8. The summed E-state index contributed by atoms with van der Waals surface area (Å²) in [6.07, 6.45) is 0.570. The fraction of sp³-hybridized carbons (Fsp3) is 0.500. The maximum Gasteiger partial charge on any atom is 0.252 e. The lowest BCUT2D eigenvalue weighted by atomic mass is 9.94. The van der Waals surface area contributed by atoms with Crippen molar-refractivity contribution in [2.75, 3.05) is 30.4 Å². The number of anilines is 2. The summed E-state index contributed by atoms with van der Waals surface area (Å²) in [6, 6.07) is 5.84. The van der Waals surface area contributed by atoms with Gasteiger partial charge < -0.3 is 15.1 Å². The predicted molar refractivity (Wildman–Crippen MR) is 84.7 cm³/mol. The second-order valence-electron chi connectivity index (χ2n) is 5.99. The van der Waals surface area contributed by atoms with Gasteiger partial charge in [-0.2, -0.15) is 0 Å². The Morgan fingerprint density at radius 3 is 2.57 bits per heavy atom. The van der Waals surface area contributed by atoms with Gasteiger partial charge in [-0.15, -0.1) is 0 Å². The molecule has 2 amide bonds. The van der Waals surface area contributed by atoms with Gasteiger partial charge in [0.05, 0.1) is 0 Å². The number of rotatable bonds is 3. The van der Waals surface area contributed by atoms with Crippen molar-refractivity contribution in [1.82, 2.24) is 5.32 Å². The fourth-order valence-electron chi connectivity index (χ4n) is 2.61. The van der Waals surface area contributed by atoms with Crippen LogP contribution in [0.1, 0.15) is 25.8 Å². The van der Waals surface area contributed by atoms with Crippen molar-refractivity contribution in [2.24, 2.45) is 0 Å². The zero-order valence-corrected chi connectivity index (χ0v) is 13.4. The second-order valence-corrected chi connectivity index (χ2v) is 5.99. The summed E-state index contributed by atoms with van der Waals surface area (Å²) < 4.78 is 0. The van der Waals surface area contributed by atoms with Gasteiger partial charge in [-0.25, -0.2) is 0 Å². The monoisotopic (exact) mass is 289 g/mol. The molecule has 0 saturated carbocycles. The average Bonchev–Trinajstić information content (AvgIpc) is 2.43. The first-order chi connectivity index (χ1) is 9.78. The molecule has 1 saturated heterocycles. The number of hydrogen-bond acceptors (Lipinski definition) is 3. The molecule has 1 aromatic carbocycles. The Balaban J connectivity index is 2.43. The first-order valence-corrected chi connectivity index (χ1v) is 7.19. The lowest BCUT2D eigenvalue weighted by molar-refractivity contribution is -0.135. The van der Waals surface area contributed by atoms with Crippen molar-refractivity contribution >= 4 is 23.2 Å². The molecule has 1 unspecified atom stereocenters. The molecule has 0 radical (unpaired) electrons. The fourth-order valence-corrected chi connectivity index (χ4v) is 2.61. The van der Waals surface area contributed by atoms with E-state index in [0.717, 1.165) is 16.9 Å². The molecule has 1 aromatic rings. The number of amides is 2. The molecule has 0 spiro atoms. The highest BCUT2D eigenvalue weighted by Gasteiger charge is 2.42. The van der Waals surface area contributed by atoms with E-state index >= 15 is 0 Å². The summed E-state index contributed by atoms with van der Waals surface area (Å²) in [5.74, 6) is -0.177. The highest BCUT2D eigenvalue weighted by molar-refractivity contribution is 6.09. The minimum absolute atomic E-state index is 0.0573. The third-order valence-corrected chi connectivity index (χ3v) is 4.13. The molecule has 1 aliphatic heterocycles. The summed E-state index contributed by atoms with van der Waals surface area (Å²) in [4.78, 5) is 28.2. The molecule has 1 N–H and O–H groups in total. The molecule has 1 atom stereocenters. The Morgan fingerprint density at radius 1 is 1.33 bits per heavy atom. The smallest absolute Gasteiger partial charge is 0.252 e. The quantitative estimate of drug-likeness (QED) is 0.921. The van der Waals surface area contributed by atoms with E-state index in [4.69, 9.17) is 0 Å². The summed E-state index contributed by atoms with van der Waals surface area (Å²) in [5, 5.41) is 2.80. The van der Waals surface area contributed by atoms with E-state index in [-0.39, 0.29) is 18.4 Å². The van der Waals surface area contributed by atoms with Crippen molar-refractivity contribution in [2.45, 2.75) is 32.7 Å². The Labute approximate surface area is 125 Å². The molecule has 1 fully saturated rings. The van der Waals surface area contributed by atoms with Crippen LogP contribution in [0.3, 0.4) is 0 Å². The van der Waals surface area contributed by atoms with Gasteiger partial charge >= 0.3 is 0 Å². The molecule has 2 rings (SSSR count). The summed E-state index contributed by atoms with van der Waals surface area (Å²) in [6.45, 7) is 5.78. The number of benzene rings is 1. The largest absolute Gasteiger partial charge is 0.377 e. The van der Waals surface area contributed by atoms with Crippen molar-refractivity contribution < 1.29 is 9.59 Å².